The molecule has 0 saturated carbocycles. The molecule has 1 fully saturated rings. The van der Waals surface area contributed by atoms with Gasteiger partial charge in [0.1, 0.15) is 11.3 Å². The number of aryl methyl sites for hydroxylation is 1. The van der Waals surface area contributed by atoms with E-state index in [2.05, 4.69) is 45.7 Å². The SMILES string of the molecule is Cc1c(-c2cccnc2)oc2ccc(B3OC(C)(C)C(C)(C)O3)cc12. The number of rotatable bonds is 2. The third-order valence-corrected chi connectivity index (χ3v) is 5.41. The molecular weight excluding hydrogens is 313 g/mol. The number of furan rings is 1. The lowest BCUT2D eigenvalue weighted by Gasteiger charge is -2.32. The molecule has 4 nitrogen and oxygen atoms in total. The highest BCUT2D eigenvalue weighted by atomic mass is 16.7. The summed E-state index contributed by atoms with van der Waals surface area (Å²) in [5.41, 5.74) is 3.25. The molecular formula is C20H22BNO3. The highest BCUT2D eigenvalue weighted by Gasteiger charge is 2.51. The minimum atomic E-state index is -0.370. The Bertz CT molecular complexity index is 915. The molecule has 0 spiro atoms. The third-order valence-electron chi connectivity index (χ3n) is 5.41. The minimum absolute atomic E-state index is 0.348. The number of benzene rings is 1. The average molecular weight is 335 g/mol. The lowest BCUT2D eigenvalue weighted by molar-refractivity contribution is 0.00578. The molecule has 2 aromatic heterocycles. The Labute approximate surface area is 148 Å². The van der Waals surface area contributed by atoms with Crippen molar-refractivity contribution in [2.45, 2.75) is 45.8 Å². The number of nitrogens with zero attached hydrogens (tertiary/aromatic N) is 1. The number of hydrogen-bond acceptors (Lipinski definition) is 4. The predicted octanol–water partition coefficient (Wildman–Crippen LogP) is 4.10. The molecule has 1 aromatic carbocycles. The first kappa shape index (κ1) is 16.4. The topological polar surface area (TPSA) is 44.5 Å². The predicted molar refractivity (Wildman–Crippen MR) is 99.9 cm³/mol. The van der Waals surface area contributed by atoms with Gasteiger partial charge in [-0.1, -0.05) is 12.1 Å². The third kappa shape index (κ3) is 2.59. The van der Waals surface area contributed by atoms with Crippen molar-refractivity contribution in [2.75, 3.05) is 0 Å². The van der Waals surface area contributed by atoms with E-state index in [1.165, 1.54) is 0 Å². The van der Waals surface area contributed by atoms with Crippen LogP contribution in [0.2, 0.25) is 0 Å². The number of hydrogen-bond donors (Lipinski definition) is 0. The van der Waals surface area contributed by atoms with E-state index in [-0.39, 0.29) is 18.3 Å². The van der Waals surface area contributed by atoms with E-state index >= 15 is 0 Å². The van der Waals surface area contributed by atoms with E-state index in [9.17, 15) is 0 Å². The van der Waals surface area contributed by atoms with Crippen LogP contribution < -0.4 is 5.46 Å². The normalized spacial score (nSPS) is 18.8. The Morgan fingerprint density at radius 2 is 1.72 bits per heavy atom. The van der Waals surface area contributed by atoms with Crippen LogP contribution in [0, 0.1) is 6.92 Å². The smallest absolute Gasteiger partial charge is 0.456 e. The molecule has 1 aliphatic rings. The van der Waals surface area contributed by atoms with Crippen LogP contribution in [0.15, 0.2) is 47.1 Å². The second kappa shape index (κ2) is 5.45. The summed E-state index contributed by atoms with van der Waals surface area (Å²) in [5, 5.41) is 1.08. The molecule has 25 heavy (non-hydrogen) atoms. The molecule has 0 unspecified atom stereocenters. The molecule has 0 bridgehead atoms. The lowest BCUT2D eigenvalue weighted by atomic mass is 9.78. The van der Waals surface area contributed by atoms with Gasteiger partial charge in [0.05, 0.1) is 11.2 Å². The van der Waals surface area contributed by atoms with Crippen molar-refractivity contribution in [1.29, 1.82) is 0 Å². The lowest BCUT2D eigenvalue weighted by Crippen LogP contribution is -2.41. The van der Waals surface area contributed by atoms with Crippen LogP contribution in [-0.2, 0) is 9.31 Å². The number of aromatic nitrogens is 1. The van der Waals surface area contributed by atoms with Crippen LogP contribution in [0.3, 0.4) is 0 Å². The van der Waals surface area contributed by atoms with Gasteiger partial charge in [0, 0.05) is 28.9 Å². The molecule has 5 heteroatoms. The Balaban J connectivity index is 1.76. The van der Waals surface area contributed by atoms with Gasteiger partial charge in [-0.25, -0.2) is 0 Å². The van der Waals surface area contributed by atoms with E-state index in [0.29, 0.717) is 0 Å². The molecule has 1 saturated heterocycles. The van der Waals surface area contributed by atoms with Crippen LogP contribution in [0.1, 0.15) is 33.3 Å². The maximum absolute atomic E-state index is 6.17. The standard InChI is InChI=1S/C20H22BNO3/c1-13-16-11-15(21-24-19(2,3)20(4,5)25-21)8-9-17(16)23-18(13)14-7-6-10-22-12-14/h6-12H,1-5H3. The average Bonchev–Trinajstić information content (AvgIpc) is 3.01. The van der Waals surface area contributed by atoms with Gasteiger partial charge >= 0.3 is 7.12 Å². The van der Waals surface area contributed by atoms with E-state index in [4.69, 9.17) is 13.7 Å². The van der Waals surface area contributed by atoms with Gasteiger partial charge in [0.25, 0.3) is 0 Å². The zero-order valence-corrected chi connectivity index (χ0v) is 15.3. The van der Waals surface area contributed by atoms with Gasteiger partial charge in [-0.05, 0) is 58.3 Å². The van der Waals surface area contributed by atoms with E-state index in [1.807, 2.05) is 30.5 Å². The van der Waals surface area contributed by atoms with Gasteiger partial charge in [0.15, 0.2) is 0 Å². The van der Waals surface area contributed by atoms with Crippen LogP contribution >= 0.6 is 0 Å². The van der Waals surface area contributed by atoms with Crippen molar-refractivity contribution in [1.82, 2.24) is 4.98 Å². The molecule has 4 rings (SSSR count). The molecule has 0 N–H and O–H groups in total. The Morgan fingerprint density at radius 1 is 1.00 bits per heavy atom. The maximum atomic E-state index is 6.17. The summed E-state index contributed by atoms with van der Waals surface area (Å²) in [6.45, 7) is 10.3. The highest BCUT2D eigenvalue weighted by molar-refractivity contribution is 6.62. The summed E-state index contributed by atoms with van der Waals surface area (Å²) in [4.78, 5) is 4.18. The summed E-state index contributed by atoms with van der Waals surface area (Å²) in [6.07, 6.45) is 3.58. The van der Waals surface area contributed by atoms with Gasteiger partial charge in [-0.15, -0.1) is 0 Å². The summed E-state index contributed by atoms with van der Waals surface area (Å²) in [5.74, 6) is 0.856. The Kier molecular flexibility index (Phi) is 3.57. The van der Waals surface area contributed by atoms with Crippen molar-refractivity contribution in [3.63, 3.8) is 0 Å². The summed E-state index contributed by atoms with van der Waals surface area (Å²) in [7, 11) is -0.370. The zero-order valence-electron chi connectivity index (χ0n) is 15.3. The fraction of sp³-hybridized carbons (Fsp3) is 0.350. The molecule has 3 heterocycles. The van der Waals surface area contributed by atoms with E-state index < -0.39 is 0 Å². The Hall–Kier alpha value is -2.11. The molecule has 128 valence electrons. The first-order chi connectivity index (χ1) is 11.8. The largest absolute Gasteiger partial charge is 0.494 e. The van der Waals surface area contributed by atoms with Crippen molar-refractivity contribution in [3.8, 4) is 11.3 Å². The second-order valence-corrected chi connectivity index (χ2v) is 7.64. The summed E-state index contributed by atoms with van der Waals surface area (Å²) >= 11 is 0. The van der Waals surface area contributed by atoms with Crippen LogP contribution in [-0.4, -0.2) is 23.3 Å². The summed E-state index contributed by atoms with van der Waals surface area (Å²) < 4.78 is 18.4. The monoisotopic (exact) mass is 335 g/mol. The Morgan fingerprint density at radius 3 is 2.36 bits per heavy atom. The van der Waals surface area contributed by atoms with E-state index in [0.717, 1.165) is 33.3 Å². The van der Waals surface area contributed by atoms with E-state index in [1.54, 1.807) is 6.20 Å². The van der Waals surface area contributed by atoms with Crippen molar-refractivity contribution < 1.29 is 13.7 Å². The molecule has 1 aliphatic heterocycles. The van der Waals surface area contributed by atoms with Gasteiger partial charge in [-0.2, -0.15) is 0 Å². The molecule has 0 radical (unpaired) electrons. The van der Waals surface area contributed by atoms with Gasteiger partial charge in [0.2, 0.25) is 0 Å². The fourth-order valence-corrected chi connectivity index (χ4v) is 3.14. The first-order valence-corrected chi connectivity index (χ1v) is 8.58. The van der Waals surface area contributed by atoms with Crippen molar-refractivity contribution >= 4 is 23.6 Å². The number of pyridine rings is 1. The fourth-order valence-electron chi connectivity index (χ4n) is 3.14. The highest BCUT2D eigenvalue weighted by Crippen LogP contribution is 2.37. The molecule has 0 amide bonds. The van der Waals surface area contributed by atoms with Crippen LogP contribution in [0.4, 0.5) is 0 Å². The summed E-state index contributed by atoms with van der Waals surface area (Å²) in [6, 6.07) is 10.0. The maximum Gasteiger partial charge on any atom is 0.494 e. The zero-order chi connectivity index (χ0) is 17.8. The van der Waals surface area contributed by atoms with Gasteiger partial charge < -0.3 is 13.7 Å². The quantitative estimate of drug-likeness (QED) is 0.662. The first-order valence-electron chi connectivity index (χ1n) is 8.58. The molecule has 0 atom stereocenters. The van der Waals surface area contributed by atoms with Crippen LogP contribution in [0.5, 0.6) is 0 Å². The van der Waals surface area contributed by atoms with Crippen molar-refractivity contribution in [3.05, 3.63) is 48.3 Å². The van der Waals surface area contributed by atoms with Gasteiger partial charge in [-0.3, -0.25) is 4.98 Å². The van der Waals surface area contributed by atoms with Crippen molar-refractivity contribution in [2.24, 2.45) is 0 Å². The number of fused-ring (bicyclic) bond motifs is 1. The van der Waals surface area contributed by atoms with Crippen LogP contribution in [0.25, 0.3) is 22.3 Å². The molecule has 3 aromatic rings. The minimum Gasteiger partial charge on any atom is -0.456 e. The second-order valence-electron chi connectivity index (χ2n) is 7.64. The molecule has 0 aliphatic carbocycles.